The van der Waals surface area contributed by atoms with Gasteiger partial charge >= 0.3 is 0 Å². The average Bonchev–Trinajstić information content (AvgIpc) is 3.32. The molecule has 4 atom stereocenters. The number of hydrogen-bond donors (Lipinski definition) is 0. The minimum atomic E-state index is -0.487. The Morgan fingerprint density at radius 1 is 0.889 bits per heavy atom. The maximum atomic E-state index is 13.1. The molecule has 5 rings (SSSR count). The van der Waals surface area contributed by atoms with E-state index in [0.29, 0.717) is 5.69 Å². The lowest BCUT2D eigenvalue weighted by Gasteiger charge is -2.23. The minimum absolute atomic E-state index is 0.0487. The maximum Gasteiger partial charge on any atom is 0.269 e. The van der Waals surface area contributed by atoms with Crippen LogP contribution in [0.4, 0.5) is 11.4 Å². The summed E-state index contributed by atoms with van der Waals surface area (Å²) in [5.74, 6) is -0.853. The quantitative estimate of drug-likeness (QED) is 0.346. The molecule has 3 fully saturated rings. The van der Waals surface area contributed by atoms with Crippen molar-refractivity contribution in [1.29, 1.82) is 0 Å². The number of carbonyl (C=O) groups is 2. The van der Waals surface area contributed by atoms with E-state index >= 15 is 0 Å². The highest BCUT2D eigenvalue weighted by atomic mass is 16.6. The van der Waals surface area contributed by atoms with Crippen molar-refractivity contribution in [3.63, 3.8) is 0 Å². The van der Waals surface area contributed by atoms with Crippen LogP contribution in [0.15, 0.2) is 47.6 Å². The molecule has 1 aliphatic heterocycles. The van der Waals surface area contributed by atoms with Crippen LogP contribution in [0.25, 0.3) is 0 Å². The number of nitrogens with zero attached hydrogens (tertiary/aromatic N) is 2. The zero-order chi connectivity index (χ0) is 18.7. The van der Waals surface area contributed by atoms with Gasteiger partial charge < -0.3 is 0 Å². The number of amides is 2. The summed E-state index contributed by atoms with van der Waals surface area (Å²) in [5.41, 5.74) is 3.19. The Kier molecular flexibility index (Phi) is 3.57. The number of non-ortho nitro benzene ring substituents is 1. The summed E-state index contributed by atoms with van der Waals surface area (Å²) in [6.45, 7) is 0. The number of anilines is 1. The second kappa shape index (κ2) is 5.87. The molecule has 1 heterocycles. The molecule has 3 aliphatic carbocycles. The summed E-state index contributed by atoms with van der Waals surface area (Å²) in [6.07, 6.45) is 10.1. The minimum Gasteiger partial charge on any atom is -0.274 e. The van der Waals surface area contributed by atoms with Crippen LogP contribution in [0.2, 0.25) is 0 Å². The van der Waals surface area contributed by atoms with Gasteiger partial charge in [0.15, 0.2) is 0 Å². The Bertz CT molecular complexity index is 873. The van der Waals surface area contributed by atoms with E-state index in [-0.39, 0.29) is 41.2 Å². The van der Waals surface area contributed by atoms with Crippen molar-refractivity contribution in [1.82, 2.24) is 0 Å². The summed E-state index contributed by atoms with van der Waals surface area (Å²) in [5, 5.41) is 10.8. The molecule has 1 aromatic carbocycles. The maximum absolute atomic E-state index is 13.1. The van der Waals surface area contributed by atoms with Crippen molar-refractivity contribution in [2.75, 3.05) is 4.90 Å². The van der Waals surface area contributed by atoms with Crippen molar-refractivity contribution in [3.05, 3.63) is 57.7 Å². The Balaban J connectivity index is 1.48. The number of rotatable bonds is 2. The largest absolute Gasteiger partial charge is 0.274 e. The highest BCUT2D eigenvalue weighted by Crippen LogP contribution is 2.58. The van der Waals surface area contributed by atoms with E-state index in [1.807, 2.05) is 0 Å². The van der Waals surface area contributed by atoms with Gasteiger partial charge in [-0.05, 0) is 37.8 Å². The van der Waals surface area contributed by atoms with E-state index in [1.165, 1.54) is 59.6 Å². The van der Waals surface area contributed by atoms with Gasteiger partial charge in [0, 0.05) is 24.0 Å². The molecular formula is C21H20N2O4. The van der Waals surface area contributed by atoms with Gasteiger partial charge in [-0.2, -0.15) is 0 Å². The van der Waals surface area contributed by atoms with Crippen LogP contribution in [-0.2, 0) is 9.59 Å². The van der Waals surface area contributed by atoms with Crippen molar-refractivity contribution in [2.45, 2.75) is 32.1 Å². The monoisotopic (exact) mass is 364 g/mol. The summed E-state index contributed by atoms with van der Waals surface area (Å²) in [6, 6.07) is 5.66. The van der Waals surface area contributed by atoms with Crippen LogP contribution in [-0.4, -0.2) is 16.7 Å². The number of benzene rings is 1. The van der Waals surface area contributed by atoms with E-state index in [1.54, 1.807) is 0 Å². The van der Waals surface area contributed by atoms with Gasteiger partial charge in [0.2, 0.25) is 11.8 Å². The molecular weight excluding hydrogens is 344 g/mol. The number of allylic oxidation sites excluding steroid dienone is 4. The van der Waals surface area contributed by atoms with E-state index in [4.69, 9.17) is 0 Å². The third kappa shape index (κ3) is 2.25. The number of hydrogen-bond acceptors (Lipinski definition) is 4. The third-order valence-corrected chi connectivity index (χ3v) is 6.60. The first-order valence-corrected chi connectivity index (χ1v) is 9.60. The first kappa shape index (κ1) is 16.4. The molecule has 2 saturated carbocycles. The van der Waals surface area contributed by atoms with E-state index in [9.17, 15) is 19.7 Å². The van der Waals surface area contributed by atoms with Crippen molar-refractivity contribution in [2.24, 2.45) is 23.7 Å². The molecule has 0 aromatic heterocycles. The Morgan fingerprint density at radius 2 is 1.44 bits per heavy atom. The standard InChI is InChI=1S/C21H20N2O4/c24-20-18-15-10-11-16(17(15)12-4-2-1-3-5-12)19(18)21(25)22(20)13-6-8-14(9-7-13)23(26)27/h6-11,15-16,18-19H,1-5H2/t15-,16+,18-,19-/m0/s1. The molecule has 0 spiro atoms. The van der Waals surface area contributed by atoms with E-state index in [0.717, 1.165) is 12.8 Å². The van der Waals surface area contributed by atoms with E-state index in [2.05, 4.69) is 12.2 Å². The first-order valence-electron chi connectivity index (χ1n) is 9.60. The van der Waals surface area contributed by atoms with Gasteiger partial charge in [-0.15, -0.1) is 0 Å². The molecule has 6 nitrogen and oxygen atoms in total. The molecule has 0 N–H and O–H groups in total. The van der Waals surface area contributed by atoms with Crippen LogP contribution in [0.1, 0.15) is 32.1 Å². The predicted octanol–water partition coefficient (Wildman–Crippen LogP) is 3.78. The number of fused-ring (bicyclic) bond motifs is 5. The van der Waals surface area contributed by atoms with Crippen LogP contribution < -0.4 is 4.90 Å². The van der Waals surface area contributed by atoms with Crippen LogP contribution >= 0.6 is 0 Å². The number of imide groups is 1. The van der Waals surface area contributed by atoms with Crippen LogP contribution in [0.5, 0.6) is 0 Å². The molecule has 2 bridgehead atoms. The zero-order valence-corrected chi connectivity index (χ0v) is 14.8. The molecule has 27 heavy (non-hydrogen) atoms. The molecule has 1 saturated heterocycles. The molecule has 0 unspecified atom stereocenters. The Hall–Kier alpha value is -2.76. The van der Waals surface area contributed by atoms with Crippen molar-refractivity contribution < 1.29 is 14.5 Å². The lowest BCUT2D eigenvalue weighted by molar-refractivity contribution is -0.384. The van der Waals surface area contributed by atoms with Gasteiger partial charge in [-0.3, -0.25) is 19.7 Å². The number of nitro groups is 1. The van der Waals surface area contributed by atoms with Crippen LogP contribution in [0, 0.1) is 33.8 Å². The smallest absolute Gasteiger partial charge is 0.269 e. The fourth-order valence-electron chi connectivity index (χ4n) is 5.48. The molecule has 1 aromatic rings. The predicted molar refractivity (Wildman–Crippen MR) is 98.8 cm³/mol. The van der Waals surface area contributed by atoms with Gasteiger partial charge in [-0.1, -0.05) is 29.7 Å². The third-order valence-electron chi connectivity index (χ3n) is 6.60. The van der Waals surface area contributed by atoms with E-state index < -0.39 is 4.92 Å². The lowest BCUT2D eigenvalue weighted by atomic mass is 9.85. The second-order valence-corrected chi connectivity index (χ2v) is 7.89. The van der Waals surface area contributed by atoms with Gasteiger partial charge in [0.1, 0.15) is 0 Å². The second-order valence-electron chi connectivity index (χ2n) is 7.89. The van der Waals surface area contributed by atoms with Crippen LogP contribution in [0.3, 0.4) is 0 Å². The fourth-order valence-corrected chi connectivity index (χ4v) is 5.48. The zero-order valence-electron chi connectivity index (χ0n) is 14.8. The topological polar surface area (TPSA) is 80.5 Å². The Labute approximate surface area is 156 Å². The van der Waals surface area contributed by atoms with Gasteiger partial charge in [0.25, 0.3) is 5.69 Å². The van der Waals surface area contributed by atoms with Crippen molar-refractivity contribution >= 4 is 23.2 Å². The summed E-state index contributed by atoms with van der Waals surface area (Å²) in [4.78, 5) is 37.9. The molecule has 6 heteroatoms. The first-order chi connectivity index (χ1) is 13.1. The lowest BCUT2D eigenvalue weighted by Crippen LogP contribution is -2.33. The van der Waals surface area contributed by atoms with Gasteiger partial charge in [0.05, 0.1) is 22.4 Å². The highest BCUT2D eigenvalue weighted by Gasteiger charge is 2.62. The summed E-state index contributed by atoms with van der Waals surface area (Å²) < 4.78 is 0. The van der Waals surface area contributed by atoms with Gasteiger partial charge in [-0.25, -0.2) is 4.90 Å². The molecule has 2 amide bonds. The molecule has 0 radical (unpaired) electrons. The number of nitro benzene ring substituents is 1. The SMILES string of the molecule is O=C1[C@@H]2[C@@H](C(=O)N1c1ccc([N+](=O)[O-])cc1)[C@H]1C=C[C@@H]2C1=C1CCCCC1. The Morgan fingerprint density at radius 3 is 1.96 bits per heavy atom. The summed E-state index contributed by atoms with van der Waals surface area (Å²) in [7, 11) is 0. The normalized spacial score (nSPS) is 31.8. The number of carbonyl (C=O) groups excluding carboxylic acids is 2. The highest BCUT2D eigenvalue weighted by molar-refractivity contribution is 6.23. The average molecular weight is 364 g/mol. The molecule has 138 valence electrons. The summed E-state index contributed by atoms with van der Waals surface area (Å²) >= 11 is 0. The fraction of sp³-hybridized carbons (Fsp3) is 0.429. The molecule has 4 aliphatic rings. The van der Waals surface area contributed by atoms with Crippen molar-refractivity contribution in [3.8, 4) is 0 Å².